The largest absolute Gasteiger partial charge is 0.395 e. The van der Waals surface area contributed by atoms with Crippen LogP contribution in [0.15, 0.2) is 42.5 Å². The SMILES string of the molecule is O=C1[C@@]2(CO)C=CC(CC2c2ccccc2)[C@@]12CO2. The van der Waals surface area contributed by atoms with Crippen LogP contribution in [0.1, 0.15) is 17.9 Å². The molecule has 4 aliphatic rings. The Morgan fingerprint density at radius 2 is 2.05 bits per heavy atom. The number of hydrogen-bond acceptors (Lipinski definition) is 3. The van der Waals surface area contributed by atoms with Gasteiger partial charge in [-0.25, -0.2) is 0 Å². The number of carbonyl (C=O) groups excluding carboxylic acids is 1. The van der Waals surface area contributed by atoms with Gasteiger partial charge >= 0.3 is 0 Å². The predicted octanol–water partition coefficient (Wildman–Crippen LogP) is 1.68. The summed E-state index contributed by atoms with van der Waals surface area (Å²) in [5, 5.41) is 9.90. The van der Waals surface area contributed by atoms with Gasteiger partial charge in [0.2, 0.25) is 0 Å². The lowest BCUT2D eigenvalue weighted by molar-refractivity contribution is -0.142. The molecule has 1 aromatic carbocycles. The molecule has 5 rings (SSSR count). The fourth-order valence-electron chi connectivity index (χ4n) is 3.87. The molecule has 3 heteroatoms. The zero-order valence-corrected chi connectivity index (χ0v) is 10.6. The van der Waals surface area contributed by atoms with Gasteiger partial charge in [0.25, 0.3) is 0 Å². The quantitative estimate of drug-likeness (QED) is 0.647. The Balaban J connectivity index is 1.84. The minimum absolute atomic E-state index is 0.0658. The van der Waals surface area contributed by atoms with E-state index in [-0.39, 0.29) is 24.2 Å². The van der Waals surface area contributed by atoms with Gasteiger partial charge in [-0.05, 0) is 12.0 Å². The van der Waals surface area contributed by atoms with Crippen molar-refractivity contribution in [1.82, 2.24) is 0 Å². The van der Waals surface area contributed by atoms with Gasteiger partial charge in [-0.3, -0.25) is 4.79 Å². The smallest absolute Gasteiger partial charge is 0.180 e. The van der Waals surface area contributed by atoms with Crippen molar-refractivity contribution in [1.29, 1.82) is 0 Å². The summed E-state index contributed by atoms with van der Waals surface area (Å²) in [7, 11) is 0. The molecular formula is C16H16O3. The lowest BCUT2D eigenvalue weighted by Crippen LogP contribution is -2.57. The highest BCUT2D eigenvalue weighted by atomic mass is 16.6. The van der Waals surface area contributed by atoms with Crippen LogP contribution in [0.5, 0.6) is 0 Å². The lowest BCUT2D eigenvalue weighted by atomic mass is 9.53. The molecule has 0 amide bonds. The fourth-order valence-corrected chi connectivity index (χ4v) is 3.87. The third kappa shape index (κ3) is 1.27. The maximum Gasteiger partial charge on any atom is 0.180 e. The lowest BCUT2D eigenvalue weighted by Gasteiger charge is -2.49. The maximum absolute atomic E-state index is 12.8. The Hall–Kier alpha value is -1.45. The van der Waals surface area contributed by atoms with Crippen LogP contribution in [0.25, 0.3) is 0 Å². The summed E-state index contributed by atoms with van der Waals surface area (Å²) in [6.07, 6.45) is 4.88. The zero-order chi connectivity index (χ0) is 13.1. The Bertz CT molecular complexity index is 559. The Labute approximate surface area is 111 Å². The first-order valence-electron chi connectivity index (χ1n) is 6.77. The number of aliphatic hydroxyl groups excluding tert-OH is 1. The van der Waals surface area contributed by atoms with Crippen LogP contribution in [0.2, 0.25) is 0 Å². The molecule has 1 aromatic rings. The van der Waals surface area contributed by atoms with Crippen molar-refractivity contribution in [3.8, 4) is 0 Å². The summed E-state index contributed by atoms with van der Waals surface area (Å²) in [6, 6.07) is 10.0. The Morgan fingerprint density at radius 1 is 1.32 bits per heavy atom. The number of epoxide rings is 1. The molecule has 2 unspecified atom stereocenters. The first-order valence-corrected chi connectivity index (χ1v) is 6.77. The van der Waals surface area contributed by atoms with Gasteiger partial charge in [0, 0.05) is 11.8 Å². The first kappa shape index (κ1) is 11.4. The molecule has 2 fully saturated rings. The molecule has 1 heterocycles. The highest BCUT2D eigenvalue weighted by Gasteiger charge is 2.69. The normalized spacial score (nSPS) is 42.9. The molecule has 1 saturated carbocycles. The zero-order valence-electron chi connectivity index (χ0n) is 10.6. The summed E-state index contributed by atoms with van der Waals surface area (Å²) in [5.41, 5.74) is -0.259. The number of ketones is 1. The van der Waals surface area contributed by atoms with Crippen molar-refractivity contribution < 1.29 is 14.6 Å². The second kappa shape index (κ2) is 3.56. The van der Waals surface area contributed by atoms with E-state index in [2.05, 4.69) is 6.08 Å². The molecule has 3 aliphatic carbocycles. The van der Waals surface area contributed by atoms with Gasteiger partial charge in [0.15, 0.2) is 11.4 Å². The maximum atomic E-state index is 12.8. The molecular weight excluding hydrogens is 240 g/mol. The molecule has 3 nitrogen and oxygen atoms in total. The molecule has 4 atom stereocenters. The van der Waals surface area contributed by atoms with Gasteiger partial charge < -0.3 is 9.84 Å². The molecule has 19 heavy (non-hydrogen) atoms. The standard InChI is InChI=1S/C16H16O3/c17-9-15-7-6-12(16(10-19-16)14(15)18)8-13(15)11-4-2-1-3-5-11/h1-7,12-13,17H,8-10H2/t12?,13?,15-,16+/m1/s1. The van der Waals surface area contributed by atoms with Crippen molar-refractivity contribution in [2.24, 2.45) is 11.3 Å². The van der Waals surface area contributed by atoms with Crippen LogP contribution >= 0.6 is 0 Å². The van der Waals surface area contributed by atoms with E-state index >= 15 is 0 Å². The average molecular weight is 256 g/mol. The number of aliphatic hydroxyl groups is 1. The Morgan fingerprint density at radius 3 is 2.68 bits per heavy atom. The van der Waals surface area contributed by atoms with Crippen LogP contribution in [0, 0.1) is 11.3 Å². The Kier molecular flexibility index (Phi) is 2.13. The van der Waals surface area contributed by atoms with E-state index in [1.54, 1.807) is 0 Å². The molecule has 98 valence electrons. The van der Waals surface area contributed by atoms with Crippen LogP contribution in [0.4, 0.5) is 0 Å². The van der Waals surface area contributed by atoms with E-state index in [1.165, 1.54) is 0 Å². The molecule has 0 aromatic heterocycles. The molecule has 1 N–H and O–H groups in total. The van der Waals surface area contributed by atoms with E-state index in [0.29, 0.717) is 6.61 Å². The van der Waals surface area contributed by atoms with Crippen LogP contribution in [-0.4, -0.2) is 29.7 Å². The molecule has 1 spiro atoms. The van der Waals surface area contributed by atoms with Gasteiger partial charge in [-0.15, -0.1) is 0 Å². The second-order valence-corrected chi connectivity index (χ2v) is 5.87. The minimum atomic E-state index is -0.785. The number of fused-ring (bicyclic) bond motifs is 1. The summed E-state index contributed by atoms with van der Waals surface area (Å²) >= 11 is 0. The highest BCUT2D eigenvalue weighted by molar-refractivity contribution is 6.00. The number of carbonyl (C=O) groups is 1. The molecule has 1 saturated heterocycles. The van der Waals surface area contributed by atoms with E-state index < -0.39 is 11.0 Å². The minimum Gasteiger partial charge on any atom is -0.395 e. The second-order valence-electron chi connectivity index (χ2n) is 5.87. The number of benzene rings is 1. The van der Waals surface area contributed by atoms with Crippen LogP contribution in [0.3, 0.4) is 0 Å². The first-order chi connectivity index (χ1) is 9.23. The van der Waals surface area contributed by atoms with Gasteiger partial charge in [0.1, 0.15) is 0 Å². The summed E-state index contributed by atoms with van der Waals surface area (Å²) in [5.74, 6) is 0.310. The number of Topliss-reactive ketones (excluding diaryl/α,β-unsaturated/α-hetero) is 1. The van der Waals surface area contributed by atoms with Crippen LogP contribution in [-0.2, 0) is 9.53 Å². The topological polar surface area (TPSA) is 49.8 Å². The van der Waals surface area contributed by atoms with Gasteiger partial charge in [-0.2, -0.15) is 0 Å². The highest BCUT2D eigenvalue weighted by Crippen LogP contribution is 2.60. The molecule has 1 aliphatic heterocycles. The van der Waals surface area contributed by atoms with Crippen molar-refractivity contribution >= 4 is 5.78 Å². The predicted molar refractivity (Wildman–Crippen MR) is 69.6 cm³/mol. The van der Waals surface area contributed by atoms with Crippen molar-refractivity contribution in [2.45, 2.75) is 17.9 Å². The molecule has 2 bridgehead atoms. The van der Waals surface area contributed by atoms with E-state index in [9.17, 15) is 9.90 Å². The van der Waals surface area contributed by atoms with Gasteiger partial charge in [0.05, 0.1) is 18.6 Å². The summed E-state index contributed by atoms with van der Waals surface area (Å²) < 4.78 is 5.48. The summed E-state index contributed by atoms with van der Waals surface area (Å²) in [6.45, 7) is 0.379. The summed E-state index contributed by atoms with van der Waals surface area (Å²) in [4.78, 5) is 12.8. The number of hydrogen-bond donors (Lipinski definition) is 1. The van der Waals surface area contributed by atoms with Crippen LogP contribution < -0.4 is 0 Å². The van der Waals surface area contributed by atoms with Crippen molar-refractivity contribution in [2.75, 3.05) is 13.2 Å². The van der Waals surface area contributed by atoms with E-state index in [0.717, 1.165) is 12.0 Å². The van der Waals surface area contributed by atoms with Crippen molar-refractivity contribution in [3.05, 3.63) is 48.0 Å². The van der Waals surface area contributed by atoms with Gasteiger partial charge in [-0.1, -0.05) is 42.5 Å². The monoisotopic (exact) mass is 256 g/mol. The number of rotatable bonds is 2. The molecule has 0 radical (unpaired) electrons. The number of ether oxygens (including phenoxy) is 1. The third-order valence-electron chi connectivity index (χ3n) is 5.06. The van der Waals surface area contributed by atoms with E-state index in [4.69, 9.17) is 4.74 Å². The third-order valence-corrected chi connectivity index (χ3v) is 5.06. The van der Waals surface area contributed by atoms with Crippen molar-refractivity contribution in [3.63, 3.8) is 0 Å². The fraction of sp³-hybridized carbons (Fsp3) is 0.438. The average Bonchev–Trinajstić information content (AvgIpc) is 3.26. The van der Waals surface area contributed by atoms with E-state index in [1.807, 2.05) is 36.4 Å².